The Kier molecular flexibility index (Phi) is 3.99. The minimum absolute atomic E-state index is 0.200. The lowest BCUT2D eigenvalue weighted by molar-refractivity contribution is -0.274. The first-order chi connectivity index (χ1) is 7.37. The second kappa shape index (κ2) is 5.05. The van der Waals surface area contributed by atoms with E-state index in [4.69, 9.17) is 0 Å². The molecule has 0 aliphatic heterocycles. The van der Waals surface area contributed by atoms with Crippen LogP contribution < -0.4 is 4.74 Å². The Hall–Kier alpha value is -1.45. The number of alkyl halides is 3. The summed E-state index contributed by atoms with van der Waals surface area (Å²) in [6.45, 7) is 4.05. The summed E-state index contributed by atoms with van der Waals surface area (Å²) in [5.74, 6) is 0.209. The summed E-state index contributed by atoms with van der Waals surface area (Å²) in [6, 6.07) is 5.76. The lowest BCUT2D eigenvalue weighted by Crippen LogP contribution is -2.16. The highest BCUT2D eigenvalue weighted by atomic mass is 19.4. The minimum Gasteiger partial charge on any atom is -0.406 e. The van der Waals surface area contributed by atoms with Gasteiger partial charge in [0.1, 0.15) is 5.75 Å². The van der Waals surface area contributed by atoms with E-state index in [9.17, 15) is 13.2 Å². The van der Waals surface area contributed by atoms with Gasteiger partial charge < -0.3 is 4.74 Å². The second-order valence-corrected chi connectivity index (χ2v) is 3.72. The van der Waals surface area contributed by atoms with Gasteiger partial charge in [-0.1, -0.05) is 38.1 Å². The van der Waals surface area contributed by atoms with E-state index < -0.39 is 6.36 Å². The monoisotopic (exact) mass is 230 g/mol. The number of ether oxygens (including phenoxy) is 1. The van der Waals surface area contributed by atoms with Crippen LogP contribution in [0.3, 0.4) is 0 Å². The van der Waals surface area contributed by atoms with Gasteiger partial charge in [-0.05, 0) is 23.6 Å². The number of hydrogen-bond donors (Lipinski definition) is 0. The van der Waals surface area contributed by atoms with Crippen LogP contribution >= 0.6 is 0 Å². The van der Waals surface area contributed by atoms with Gasteiger partial charge in [-0.25, -0.2) is 0 Å². The van der Waals surface area contributed by atoms with Gasteiger partial charge in [-0.2, -0.15) is 0 Å². The predicted octanol–water partition coefficient (Wildman–Crippen LogP) is 4.25. The molecule has 88 valence electrons. The van der Waals surface area contributed by atoms with E-state index in [2.05, 4.69) is 4.74 Å². The predicted molar refractivity (Wildman–Crippen MR) is 57.0 cm³/mol. The maximum absolute atomic E-state index is 11.9. The zero-order valence-electron chi connectivity index (χ0n) is 9.08. The van der Waals surface area contributed by atoms with Crippen LogP contribution in [0.4, 0.5) is 13.2 Å². The largest absolute Gasteiger partial charge is 0.573 e. The molecule has 0 heterocycles. The Balaban J connectivity index is 2.68. The smallest absolute Gasteiger partial charge is 0.406 e. The summed E-state index contributed by atoms with van der Waals surface area (Å²) in [5.41, 5.74) is 0.850. The molecule has 1 aromatic carbocycles. The highest BCUT2D eigenvalue weighted by Gasteiger charge is 2.30. The molecular formula is C12H13F3O. The molecule has 0 spiro atoms. The molecule has 4 heteroatoms. The van der Waals surface area contributed by atoms with E-state index in [-0.39, 0.29) is 5.75 Å². The summed E-state index contributed by atoms with van der Waals surface area (Å²) < 4.78 is 39.3. The van der Waals surface area contributed by atoms with Crippen molar-refractivity contribution < 1.29 is 17.9 Å². The van der Waals surface area contributed by atoms with Gasteiger partial charge in [0.05, 0.1) is 0 Å². The Morgan fingerprint density at radius 1 is 1.12 bits per heavy atom. The van der Waals surface area contributed by atoms with Gasteiger partial charge in [0.15, 0.2) is 0 Å². The van der Waals surface area contributed by atoms with Crippen LogP contribution in [-0.2, 0) is 0 Å². The highest BCUT2D eigenvalue weighted by Crippen LogP contribution is 2.23. The quantitative estimate of drug-likeness (QED) is 0.754. The molecule has 1 rings (SSSR count). The molecule has 0 aromatic heterocycles. The number of allylic oxidation sites excluding steroid dienone is 1. The Morgan fingerprint density at radius 2 is 1.69 bits per heavy atom. The Labute approximate surface area is 92.5 Å². The fourth-order valence-electron chi connectivity index (χ4n) is 1.08. The van der Waals surface area contributed by atoms with Gasteiger partial charge >= 0.3 is 6.36 Å². The summed E-state index contributed by atoms with van der Waals surface area (Å²) >= 11 is 0. The standard InChI is InChI=1S/C12H13F3O/c1-9(2)3-4-10-5-7-11(8-6-10)16-12(13,14)15/h3-9H,1-2H3/b4-3+. The van der Waals surface area contributed by atoms with E-state index in [0.717, 1.165) is 5.56 Å². The van der Waals surface area contributed by atoms with E-state index >= 15 is 0 Å². The minimum atomic E-state index is -4.63. The molecule has 16 heavy (non-hydrogen) atoms. The average Bonchev–Trinajstić information content (AvgIpc) is 2.14. The molecule has 0 saturated heterocycles. The lowest BCUT2D eigenvalue weighted by atomic mass is 10.1. The molecule has 0 saturated carbocycles. The van der Waals surface area contributed by atoms with Crippen molar-refractivity contribution in [3.05, 3.63) is 35.9 Å². The van der Waals surface area contributed by atoms with E-state index in [0.29, 0.717) is 5.92 Å². The van der Waals surface area contributed by atoms with E-state index in [1.54, 1.807) is 12.1 Å². The zero-order valence-corrected chi connectivity index (χ0v) is 9.08. The maximum atomic E-state index is 11.9. The fraction of sp³-hybridized carbons (Fsp3) is 0.333. The highest BCUT2D eigenvalue weighted by molar-refractivity contribution is 5.50. The van der Waals surface area contributed by atoms with Crippen molar-refractivity contribution >= 4 is 6.08 Å². The first-order valence-corrected chi connectivity index (χ1v) is 4.91. The molecule has 0 N–H and O–H groups in total. The van der Waals surface area contributed by atoms with Gasteiger partial charge in [0, 0.05) is 0 Å². The van der Waals surface area contributed by atoms with Crippen molar-refractivity contribution in [3.63, 3.8) is 0 Å². The molecule has 0 bridgehead atoms. The van der Waals surface area contributed by atoms with Crippen molar-refractivity contribution in [2.45, 2.75) is 20.2 Å². The van der Waals surface area contributed by atoms with Crippen LogP contribution in [-0.4, -0.2) is 6.36 Å². The number of hydrogen-bond acceptors (Lipinski definition) is 1. The molecule has 0 aliphatic carbocycles. The molecule has 0 amide bonds. The van der Waals surface area contributed by atoms with Crippen molar-refractivity contribution in [3.8, 4) is 5.75 Å². The van der Waals surface area contributed by atoms with Gasteiger partial charge in [0.2, 0.25) is 0 Å². The fourth-order valence-corrected chi connectivity index (χ4v) is 1.08. The summed E-state index contributed by atoms with van der Waals surface area (Å²) in [6.07, 6.45) is -0.795. The number of rotatable bonds is 3. The number of benzene rings is 1. The molecule has 0 fully saturated rings. The van der Waals surface area contributed by atoms with Gasteiger partial charge in [-0.3, -0.25) is 0 Å². The van der Waals surface area contributed by atoms with Crippen LogP contribution in [0.1, 0.15) is 19.4 Å². The molecule has 1 nitrogen and oxygen atoms in total. The van der Waals surface area contributed by atoms with Crippen molar-refractivity contribution in [2.75, 3.05) is 0 Å². The molecule has 0 atom stereocenters. The van der Waals surface area contributed by atoms with E-state index in [1.165, 1.54) is 12.1 Å². The van der Waals surface area contributed by atoms with E-state index in [1.807, 2.05) is 26.0 Å². The zero-order chi connectivity index (χ0) is 12.2. The number of halogens is 3. The van der Waals surface area contributed by atoms with Crippen LogP contribution in [0.2, 0.25) is 0 Å². The molecule has 0 unspecified atom stereocenters. The van der Waals surface area contributed by atoms with Gasteiger partial charge in [0.25, 0.3) is 0 Å². The normalized spacial score (nSPS) is 12.4. The third-order valence-corrected chi connectivity index (χ3v) is 1.79. The van der Waals surface area contributed by atoms with Crippen molar-refractivity contribution in [1.82, 2.24) is 0 Å². The summed E-state index contributed by atoms with van der Waals surface area (Å²) in [4.78, 5) is 0. The first kappa shape index (κ1) is 12.6. The van der Waals surface area contributed by atoms with Crippen LogP contribution in [0.5, 0.6) is 5.75 Å². The van der Waals surface area contributed by atoms with Crippen LogP contribution in [0, 0.1) is 5.92 Å². The van der Waals surface area contributed by atoms with Crippen LogP contribution in [0.15, 0.2) is 30.3 Å². The lowest BCUT2D eigenvalue weighted by Gasteiger charge is -2.08. The molecular weight excluding hydrogens is 217 g/mol. The van der Waals surface area contributed by atoms with Gasteiger partial charge in [-0.15, -0.1) is 13.2 Å². The SMILES string of the molecule is CC(C)/C=C/c1ccc(OC(F)(F)F)cc1. The third kappa shape index (κ3) is 4.87. The summed E-state index contributed by atoms with van der Waals surface area (Å²) in [7, 11) is 0. The average molecular weight is 230 g/mol. The molecule has 0 radical (unpaired) electrons. The topological polar surface area (TPSA) is 9.23 Å². The van der Waals surface area contributed by atoms with Crippen molar-refractivity contribution in [1.29, 1.82) is 0 Å². The van der Waals surface area contributed by atoms with Crippen LogP contribution in [0.25, 0.3) is 6.08 Å². The Morgan fingerprint density at radius 3 is 2.12 bits per heavy atom. The Bertz CT molecular complexity index is 350. The summed E-state index contributed by atoms with van der Waals surface area (Å²) in [5, 5.41) is 0. The molecule has 0 aliphatic rings. The molecule has 1 aromatic rings. The third-order valence-electron chi connectivity index (χ3n) is 1.79. The maximum Gasteiger partial charge on any atom is 0.573 e. The first-order valence-electron chi connectivity index (χ1n) is 4.91. The van der Waals surface area contributed by atoms with Crippen molar-refractivity contribution in [2.24, 2.45) is 5.92 Å². The second-order valence-electron chi connectivity index (χ2n) is 3.72.